The standard InChI is InChI=1S/C18H16N4O2/c23-16(12-24-13-6-2-1-3-7-13)21-18-20-15-9-5-4-8-14(15)17-19-10-11-22(17)18/h1-9H,10-12H2,(H,20,21,23). The fourth-order valence-electron chi connectivity index (χ4n) is 2.74. The minimum absolute atomic E-state index is 0.0645. The highest BCUT2D eigenvalue weighted by atomic mass is 16.5. The van der Waals surface area contributed by atoms with Gasteiger partial charge < -0.3 is 4.74 Å². The van der Waals surface area contributed by atoms with E-state index in [1.165, 1.54) is 0 Å². The summed E-state index contributed by atoms with van der Waals surface area (Å²) in [6, 6.07) is 17.0. The van der Waals surface area contributed by atoms with Crippen LogP contribution >= 0.6 is 0 Å². The SMILES string of the molecule is O=C(COc1ccccc1)NC1=Nc2ccccc2C2=NCCN12. The summed E-state index contributed by atoms with van der Waals surface area (Å²) in [6.45, 7) is 1.34. The van der Waals surface area contributed by atoms with E-state index in [2.05, 4.69) is 15.3 Å². The summed E-state index contributed by atoms with van der Waals surface area (Å²) in [6.07, 6.45) is 0. The second kappa shape index (κ2) is 6.16. The van der Waals surface area contributed by atoms with E-state index in [0.717, 1.165) is 17.1 Å². The van der Waals surface area contributed by atoms with Gasteiger partial charge in [-0.1, -0.05) is 30.3 Å². The number of amides is 1. The number of aliphatic imine (C=N–C) groups is 2. The molecule has 4 rings (SSSR count). The first-order valence-corrected chi connectivity index (χ1v) is 7.79. The third-order valence-corrected chi connectivity index (χ3v) is 3.83. The van der Waals surface area contributed by atoms with Crippen molar-refractivity contribution in [3.8, 4) is 5.75 Å². The molecule has 0 unspecified atom stereocenters. The van der Waals surface area contributed by atoms with E-state index in [9.17, 15) is 4.79 Å². The molecule has 6 nitrogen and oxygen atoms in total. The second-order valence-corrected chi connectivity index (χ2v) is 5.46. The number of nitrogens with zero attached hydrogens (tertiary/aromatic N) is 3. The number of benzene rings is 2. The van der Waals surface area contributed by atoms with E-state index in [4.69, 9.17) is 4.74 Å². The Balaban J connectivity index is 1.49. The van der Waals surface area contributed by atoms with Crippen LogP contribution in [0, 0.1) is 0 Å². The number of hydrogen-bond acceptors (Lipinski definition) is 5. The Hall–Kier alpha value is -3.15. The van der Waals surface area contributed by atoms with Crippen molar-refractivity contribution in [3.05, 3.63) is 60.2 Å². The van der Waals surface area contributed by atoms with Crippen molar-refractivity contribution in [2.45, 2.75) is 0 Å². The summed E-state index contributed by atoms with van der Waals surface area (Å²) in [4.78, 5) is 23.2. The topological polar surface area (TPSA) is 66.3 Å². The molecule has 6 heteroatoms. The first kappa shape index (κ1) is 14.4. The van der Waals surface area contributed by atoms with Crippen LogP contribution in [0.15, 0.2) is 64.6 Å². The molecule has 0 saturated carbocycles. The number of carbonyl (C=O) groups is 1. The molecule has 0 fully saturated rings. The smallest absolute Gasteiger partial charge is 0.264 e. The maximum absolute atomic E-state index is 12.2. The average Bonchev–Trinajstić information content (AvgIpc) is 3.11. The summed E-state index contributed by atoms with van der Waals surface area (Å²) in [5.41, 5.74) is 1.81. The summed E-state index contributed by atoms with van der Waals surface area (Å²) >= 11 is 0. The summed E-state index contributed by atoms with van der Waals surface area (Å²) in [7, 11) is 0. The lowest BCUT2D eigenvalue weighted by Gasteiger charge is -2.27. The monoisotopic (exact) mass is 320 g/mol. The number of amidine groups is 1. The number of fused-ring (bicyclic) bond motifs is 3. The summed E-state index contributed by atoms with van der Waals surface area (Å²) in [5, 5.41) is 2.83. The van der Waals surface area contributed by atoms with Crippen LogP contribution < -0.4 is 10.1 Å². The van der Waals surface area contributed by atoms with Gasteiger partial charge >= 0.3 is 0 Å². The molecule has 1 amide bonds. The van der Waals surface area contributed by atoms with Gasteiger partial charge in [-0.05, 0) is 24.3 Å². The maximum Gasteiger partial charge on any atom is 0.264 e. The molecule has 0 bridgehead atoms. The number of guanidine groups is 1. The summed E-state index contributed by atoms with van der Waals surface area (Å²) in [5.74, 6) is 1.78. The molecule has 0 radical (unpaired) electrons. The predicted octanol–water partition coefficient (Wildman–Crippen LogP) is 1.95. The molecule has 0 aliphatic carbocycles. The van der Waals surface area contributed by atoms with Crippen LogP contribution in [0.25, 0.3) is 0 Å². The van der Waals surface area contributed by atoms with Gasteiger partial charge in [0.1, 0.15) is 11.6 Å². The molecule has 2 aromatic carbocycles. The third kappa shape index (κ3) is 2.74. The minimum Gasteiger partial charge on any atom is -0.484 e. The quantitative estimate of drug-likeness (QED) is 0.940. The van der Waals surface area contributed by atoms with Gasteiger partial charge in [0.2, 0.25) is 5.96 Å². The van der Waals surface area contributed by atoms with E-state index in [-0.39, 0.29) is 12.5 Å². The molecular weight excluding hydrogens is 304 g/mol. The molecule has 0 atom stereocenters. The fraction of sp³-hybridized carbons (Fsp3) is 0.167. The molecule has 2 heterocycles. The van der Waals surface area contributed by atoms with E-state index >= 15 is 0 Å². The van der Waals surface area contributed by atoms with E-state index in [0.29, 0.717) is 24.8 Å². The van der Waals surface area contributed by atoms with Gasteiger partial charge in [-0.3, -0.25) is 20.0 Å². The molecule has 0 saturated heterocycles. The van der Waals surface area contributed by atoms with Gasteiger partial charge in [0.05, 0.1) is 12.2 Å². The first-order chi connectivity index (χ1) is 11.8. The number of hydrogen-bond donors (Lipinski definition) is 1. The van der Waals surface area contributed by atoms with Crippen LogP contribution in [-0.4, -0.2) is 42.3 Å². The zero-order valence-electron chi connectivity index (χ0n) is 13.0. The Morgan fingerprint density at radius 2 is 1.92 bits per heavy atom. The van der Waals surface area contributed by atoms with Crippen molar-refractivity contribution in [3.63, 3.8) is 0 Å². The zero-order chi connectivity index (χ0) is 16.4. The van der Waals surface area contributed by atoms with Gasteiger partial charge in [-0.15, -0.1) is 0 Å². The molecule has 120 valence electrons. The van der Waals surface area contributed by atoms with Crippen LogP contribution in [0.4, 0.5) is 5.69 Å². The molecule has 24 heavy (non-hydrogen) atoms. The van der Waals surface area contributed by atoms with Gasteiger partial charge in [-0.25, -0.2) is 4.99 Å². The van der Waals surface area contributed by atoms with Crippen LogP contribution in [0.5, 0.6) is 5.75 Å². The third-order valence-electron chi connectivity index (χ3n) is 3.83. The Kier molecular flexibility index (Phi) is 3.70. The van der Waals surface area contributed by atoms with E-state index in [1.807, 2.05) is 59.5 Å². The van der Waals surface area contributed by atoms with E-state index < -0.39 is 0 Å². The van der Waals surface area contributed by atoms with Gasteiger partial charge in [0.15, 0.2) is 6.61 Å². The molecule has 2 aliphatic heterocycles. The van der Waals surface area contributed by atoms with Gasteiger partial charge in [0.25, 0.3) is 5.91 Å². The Labute approximate surface area is 139 Å². The van der Waals surface area contributed by atoms with Crippen LogP contribution in [0.3, 0.4) is 0 Å². The fourth-order valence-corrected chi connectivity index (χ4v) is 2.74. The lowest BCUT2D eigenvalue weighted by atomic mass is 10.1. The zero-order valence-corrected chi connectivity index (χ0v) is 13.0. The molecule has 1 N–H and O–H groups in total. The van der Waals surface area contributed by atoms with E-state index in [1.54, 1.807) is 0 Å². The van der Waals surface area contributed by atoms with Gasteiger partial charge in [0, 0.05) is 12.1 Å². The van der Waals surface area contributed by atoms with Crippen molar-refractivity contribution in [2.75, 3.05) is 19.7 Å². The first-order valence-electron chi connectivity index (χ1n) is 7.79. The van der Waals surface area contributed by atoms with Crippen molar-refractivity contribution >= 4 is 23.4 Å². The van der Waals surface area contributed by atoms with Crippen LogP contribution in [0.2, 0.25) is 0 Å². The molecular formula is C18H16N4O2. The minimum atomic E-state index is -0.247. The Morgan fingerprint density at radius 3 is 2.79 bits per heavy atom. The lowest BCUT2D eigenvalue weighted by molar-refractivity contribution is -0.121. The Morgan fingerprint density at radius 1 is 1.12 bits per heavy atom. The molecule has 0 aromatic heterocycles. The van der Waals surface area contributed by atoms with Gasteiger partial charge in [-0.2, -0.15) is 0 Å². The normalized spacial score (nSPS) is 15.1. The highest BCUT2D eigenvalue weighted by Crippen LogP contribution is 2.27. The molecule has 0 spiro atoms. The number of ether oxygens (including phenoxy) is 1. The molecule has 2 aliphatic rings. The highest BCUT2D eigenvalue weighted by Gasteiger charge is 2.30. The number of carbonyl (C=O) groups excluding carboxylic acids is 1. The van der Waals surface area contributed by atoms with Crippen molar-refractivity contribution in [2.24, 2.45) is 9.98 Å². The average molecular weight is 320 g/mol. The number of rotatable bonds is 3. The number of nitrogens with one attached hydrogen (secondary N) is 1. The van der Waals surface area contributed by atoms with Crippen LogP contribution in [-0.2, 0) is 4.79 Å². The second-order valence-electron chi connectivity index (χ2n) is 5.46. The van der Waals surface area contributed by atoms with Crippen molar-refractivity contribution in [1.82, 2.24) is 10.2 Å². The lowest BCUT2D eigenvalue weighted by Crippen LogP contribution is -2.48. The van der Waals surface area contributed by atoms with Crippen LogP contribution in [0.1, 0.15) is 5.56 Å². The highest BCUT2D eigenvalue weighted by molar-refractivity contribution is 6.17. The summed E-state index contributed by atoms with van der Waals surface area (Å²) < 4.78 is 5.47. The molecule has 2 aromatic rings. The predicted molar refractivity (Wildman–Crippen MR) is 91.7 cm³/mol. The Bertz CT molecular complexity index is 830. The largest absolute Gasteiger partial charge is 0.484 e. The van der Waals surface area contributed by atoms with Crippen molar-refractivity contribution < 1.29 is 9.53 Å². The van der Waals surface area contributed by atoms with Crippen molar-refractivity contribution in [1.29, 1.82) is 0 Å². The maximum atomic E-state index is 12.2. The number of para-hydroxylation sites is 2.